The molecule has 0 N–H and O–H groups in total. The van der Waals surface area contributed by atoms with Gasteiger partial charge in [-0.25, -0.2) is 14.2 Å². The molecule has 2 unspecified atom stereocenters. The quantitative estimate of drug-likeness (QED) is 0.523. The summed E-state index contributed by atoms with van der Waals surface area (Å²) < 4.78 is 23.3. The van der Waals surface area contributed by atoms with Crippen LogP contribution in [-0.2, 0) is 9.73 Å². The second kappa shape index (κ2) is 7.58. The lowest BCUT2D eigenvalue weighted by Crippen LogP contribution is -2.08. The molecular weight excluding hydrogens is 402 g/mol. The summed E-state index contributed by atoms with van der Waals surface area (Å²) in [6.45, 7) is 0. The topological polar surface area (TPSA) is 64.4 Å². The molecule has 1 aliphatic heterocycles. The summed E-state index contributed by atoms with van der Waals surface area (Å²) >= 11 is 7.29. The molecule has 5 nitrogen and oxygen atoms in total. The molecule has 0 bridgehead atoms. The summed E-state index contributed by atoms with van der Waals surface area (Å²) in [5, 5.41) is 2.80. The molecule has 27 heavy (non-hydrogen) atoms. The molecule has 8 heteroatoms. The van der Waals surface area contributed by atoms with Gasteiger partial charge in [0.15, 0.2) is 0 Å². The average molecular weight is 420 g/mol. The second-order valence-corrected chi connectivity index (χ2v) is 10.0. The van der Waals surface area contributed by atoms with E-state index in [0.717, 1.165) is 35.4 Å². The van der Waals surface area contributed by atoms with Crippen LogP contribution < -0.4 is 4.74 Å². The van der Waals surface area contributed by atoms with E-state index in [1.165, 1.54) is 11.3 Å². The normalized spacial score (nSPS) is 21.9. The summed E-state index contributed by atoms with van der Waals surface area (Å²) in [6, 6.07) is 11.3. The van der Waals surface area contributed by atoms with E-state index in [9.17, 15) is 4.21 Å². The van der Waals surface area contributed by atoms with E-state index in [-0.39, 0.29) is 5.25 Å². The number of rotatable bonds is 4. The van der Waals surface area contributed by atoms with Gasteiger partial charge >= 0.3 is 0 Å². The Morgan fingerprint density at radius 3 is 2.78 bits per heavy atom. The first kappa shape index (κ1) is 18.4. The Kier molecular flexibility index (Phi) is 5.16. The molecule has 3 heterocycles. The summed E-state index contributed by atoms with van der Waals surface area (Å²) in [5.74, 6) is 1.38. The minimum Gasteiger partial charge on any atom is -0.497 e. The molecule has 1 fully saturated rings. The standard InChI is InChI=1S/C19H18ClN3O2S2/c1-25-15-7-4-13(5-8-15)16-12-26-19(22-16)23-27(24)10-2-3-17(27)14-6-9-18(20)21-11-14/h4-9,11-12,17H,2-3,10H2,1H3. The van der Waals surface area contributed by atoms with E-state index >= 15 is 0 Å². The van der Waals surface area contributed by atoms with Crippen molar-refractivity contribution in [3.63, 3.8) is 0 Å². The smallest absolute Gasteiger partial charge is 0.218 e. The molecule has 0 spiro atoms. The van der Waals surface area contributed by atoms with Crippen LogP contribution in [0.2, 0.25) is 5.15 Å². The molecule has 0 radical (unpaired) electrons. The van der Waals surface area contributed by atoms with Gasteiger partial charge < -0.3 is 4.74 Å². The predicted octanol–water partition coefficient (Wildman–Crippen LogP) is 5.50. The van der Waals surface area contributed by atoms with Gasteiger partial charge in [-0.15, -0.1) is 11.3 Å². The van der Waals surface area contributed by atoms with Crippen molar-refractivity contribution in [1.29, 1.82) is 0 Å². The third-order valence-corrected chi connectivity index (χ3v) is 8.41. The van der Waals surface area contributed by atoms with Gasteiger partial charge in [-0.2, -0.15) is 4.36 Å². The first-order valence-electron chi connectivity index (χ1n) is 8.52. The molecular formula is C19H18ClN3O2S2. The molecule has 140 valence electrons. The maximum absolute atomic E-state index is 13.5. The zero-order valence-electron chi connectivity index (χ0n) is 14.7. The van der Waals surface area contributed by atoms with Gasteiger partial charge in [0.1, 0.15) is 10.9 Å². The highest BCUT2D eigenvalue weighted by molar-refractivity contribution is 7.94. The van der Waals surface area contributed by atoms with Crippen LogP contribution in [0.5, 0.6) is 5.75 Å². The maximum Gasteiger partial charge on any atom is 0.218 e. The summed E-state index contributed by atoms with van der Waals surface area (Å²) in [5.41, 5.74) is 2.73. The van der Waals surface area contributed by atoms with Crippen molar-refractivity contribution in [3.05, 3.63) is 58.7 Å². The minimum atomic E-state index is -2.42. The predicted molar refractivity (Wildman–Crippen MR) is 110 cm³/mol. The van der Waals surface area contributed by atoms with E-state index in [1.54, 1.807) is 19.4 Å². The Morgan fingerprint density at radius 2 is 2.07 bits per heavy atom. The highest BCUT2D eigenvalue weighted by Crippen LogP contribution is 2.39. The fourth-order valence-corrected chi connectivity index (χ4v) is 6.91. The maximum atomic E-state index is 13.5. The van der Waals surface area contributed by atoms with Gasteiger partial charge in [0, 0.05) is 22.9 Å². The van der Waals surface area contributed by atoms with Crippen LogP contribution in [-0.4, -0.2) is 27.0 Å². The molecule has 3 aromatic rings. The molecule has 1 aliphatic rings. The lowest BCUT2D eigenvalue weighted by Gasteiger charge is -2.13. The van der Waals surface area contributed by atoms with Gasteiger partial charge in [-0.1, -0.05) is 17.7 Å². The van der Waals surface area contributed by atoms with Crippen LogP contribution in [0.15, 0.2) is 52.3 Å². The highest BCUT2D eigenvalue weighted by Gasteiger charge is 2.31. The molecule has 4 rings (SSSR count). The van der Waals surface area contributed by atoms with Crippen molar-refractivity contribution >= 4 is 37.8 Å². The number of hydrogen-bond donors (Lipinski definition) is 0. The van der Waals surface area contributed by atoms with Crippen molar-refractivity contribution < 1.29 is 8.95 Å². The van der Waals surface area contributed by atoms with E-state index in [0.29, 0.717) is 16.0 Å². The fraction of sp³-hybridized carbons (Fsp3) is 0.263. The first-order chi connectivity index (χ1) is 13.1. The van der Waals surface area contributed by atoms with Crippen molar-refractivity contribution in [1.82, 2.24) is 9.97 Å². The first-order valence-corrected chi connectivity index (χ1v) is 11.5. The van der Waals surface area contributed by atoms with Gasteiger partial charge in [0.25, 0.3) is 0 Å². The number of ether oxygens (including phenoxy) is 1. The number of halogens is 1. The zero-order valence-corrected chi connectivity index (χ0v) is 17.1. The Hall–Kier alpha value is -1.96. The SMILES string of the molecule is COc1ccc(-c2csc(N=S3(=O)CCCC3c3ccc(Cl)nc3)n2)cc1. The van der Waals surface area contributed by atoms with Gasteiger partial charge in [-0.3, -0.25) is 0 Å². The van der Waals surface area contributed by atoms with Gasteiger partial charge in [0.05, 0.1) is 27.8 Å². The second-order valence-electron chi connectivity index (χ2n) is 6.27. The van der Waals surface area contributed by atoms with Crippen LogP contribution in [0.1, 0.15) is 23.7 Å². The van der Waals surface area contributed by atoms with E-state index in [1.807, 2.05) is 35.7 Å². The summed E-state index contributed by atoms with van der Waals surface area (Å²) in [4.78, 5) is 8.71. The Morgan fingerprint density at radius 1 is 1.26 bits per heavy atom. The highest BCUT2D eigenvalue weighted by atomic mass is 35.5. The van der Waals surface area contributed by atoms with Crippen LogP contribution >= 0.6 is 22.9 Å². The molecule has 1 saturated heterocycles. The van der Waals surface area contributed by atoms with Crippen LogP contribution in [0, 0.1) is 0 Å². The lowest BCUT2D eigenvalue weighted by atomic mass is 10.1. The molecule has 2 aromatic heterocycles. The number of thiazole rings is 1. The number of methoxy groups -OCH3 is 1. The van der Waals surface area contributed by atoms with Gasteiger partial charge in [0.2, 0.25) is 5.13 Å². The monoisotopic (exact) mass is 419 g/mol. The summed E-state index contributed by atoms with van der Waals surface area (Å²) in [6.07, 6.45) is 3.42. The Balaban J connectivity index is 1.64. The summed E-state index contributed by atoms with van der Waals surface area (Å²) in [7, 11) is -0.785. The number of pyridine rings is 1. The van der Waals surface area contributed by atoms with Crippen LogP contribution in [0.3, 0.4) is 0 Å². The third kappa shape index (κ3) is 3.85. The number of nitrogens with zero attached hydrogens (tertiary/aromatic N) is 3. The zero-order chi connectivity index (χ0) is 18.9. The van der Waals surface area contributed by atoms with E-state index in [4.69, 9.17) is 16.3 Å². The third-order valence-electron chi connectivity index (χ3n) is 4.58. The number of hydrogen-bond acceptors (Lipinski definition) is 6. The molecule has 0 amide bonds. The van der Waals surface area contributed by atoms with Crippen molar-refractivity contribution in [2.75, 3.05) is 12.9 Å². The van der Waals surface area contributed by atoms with Crippen molar-refractivity contribution in [2.24, 2.45) is 4.36 Å². The molecule has 2 atom stereocenters. The van der Waals surface area contributed by atoms with E-state index < -0.39 is 9.73 Å². The van der Waals surface area contributed by atoms with Crippen molar-refractivity contribution in [2.45, 2.75) is 18.1 Å². The molecule has 0 saturated carbocycles. The molecule has 0 aliphatic carbocycles. The van der Waals surface area contributed by atoms with Crippen LogP contribution in [0.4, 0.5) is 5.13 Å². The minimum absolute atomic E-state index is 0.129. The van der Waals surface area contributed by atoms with E-state index in [2.05, 4.69) is 14.3 Å². The Bertz CT molecular complexity index is 1060. The Labute approximate surface area is 167 Å². The number of benzene rings is 1. The molecule has 1 aromatic carbocycles. The van der Waals surface area contributed by atoms with Crippen LogP contribution in [0.25, 0.3) is 11.3 Å². The lowest BCUT2D eigenvalue weighted by molar-refractivity contribution is 0.415. The fourth-order valence-electron chi connectivity index (χ4n) is 3.20. The average Bonchev–Trinajstić information content (AvgIpc) is 3.29. The number of aromatic nitrogens is 2. The van der Waals surface area contributed by atoms with Crippen molar-refractivity contribution in [3.8, 4) is 17.0 Å². The van der Waals surface area contributed by atoms with Gasteiger partial charge in [-0.05, 0) is 48.7 Å². The largest absolute Gasteiger partial charge is 0.497 e.